The first kappa shape index (κ1) is 13.2. The van der Waals surface area contributed by atoms with Crippen LogP contribution in [0, 0.1) is 5.92 Å². The number of aliphatic hydroxyl groups is 1. The molecule has 0 saturated carbocycles. The zero-order valence-corrected chi connectivity index (χ0v) is 11.6. The summed E-state index contributed by atoms with van der Waals surface area (Å²) in [7, 11) is 0. The number of hydrogen-bond donors (Lipinski definition) is 2. The Labute approximate surface area is 104 Å². The predicted molar refractivity (Wildman–Crippen MR) is 69.2 cm³/mol. The van der Waals surface area contributed by atoms with E-state index < -0.39 is 0 Å². The Morgan fingerprint density at radius 3 is 2.67 bits per heavy atom. The van der Waals surface area contributed by atoms with Crippen LogP contribution in [-0.4, -0.2) is 17.8 Å². The van der Waals surface area contributed by atoms with Crippen LogP contribution in [0.4, 0.5) is 0 Å². The average Bonchev–Trinajstić information content (AvgIpc) is 2.58. The quantitative estimate of drug-likeness (QED) is 0.845. The molecule has 0 bridgehead atoms. The highest BCUT2D eigenvalue weighted by molar-refractivity contribution is 9.11. The van der Waals surface area contributed by atoms with Crippen LogP contribution in [0.25, 0.3) is 0 Å². The number of thiophene rings is 1. The van der Waals surface area contributed by atoms with Crippen molar-refractivity contribution in [3.8, 4) is 0 Å². The molecule has 0 saturated heterocycles. The van der Waals surface area contributed by atoms with Crippen molar-refractivity contribution in [2.75, 3.05) is 6.61 Å². The van der Waals surface area contributed by atoms with E-state index in [1.807, 2.05) is 0 Å². The second-order valence-electron chi connectivity index (χ2n) is 4.10. The molecule has 1 rings (SSSR count). The largest absolute Gasteiger partial charge is 0.395 e. The highest BCUT2D eigenvalue weighted by Crippen LogP contribution is 2.22. The van der Waals surface area contributed by atoms with Gasteiger partial charge in [-0.15, -0.1) is 11.3 Å². The first-order chi connectivity index (χ1) is 7.11. The molecule has 0 aliphatic heterocycles. The van der Waals surface area contributed by atoms with Gasteiger partial charge in [-0.05, 0) is 40.4 Å². The molecule has 1 unspecified atom stereocenters. The third-order valence-electron chi connectivity index (χ3n) is 2.17. The monoisotopic (exact) mass is 291 g/mol. The van der Waals surface area contributed by atoms with Crippen molar-refractivity contribution in [1.29, 1.82) is 0 Å². The van der Waals surface area contributed by atoms with Gasteiger partial charge in [0.15, 0.2) is 0 Å². The van der Waals surface area contributed by atoms with Crippen molar-refractivity contribution in [2.24, 2.45) is 5.92 Å². The molecule has 0 fully saturated rings. The summed E-state index contributed by atoms with van der Waals surface area (Å²) in [6.45, 7) is 5.40. The van der Waals surface area contributed by atoms with Crippen LogP contribution < -0.4 is 5.32 Å². The lowest BCUT2D eigenvalue weighted by Crippen LogP contribution is -2.32. The summed E-state index contributed by atoms with van der Waals surface area (Å²) >= 11 is 5.17. The Morgan fingerprint density at radius 1 is 1.47 bits per heavy atom. The maximum Gasteiger partial charge on any atom is 0.0701 e. The third-order valence-corrected chi connectivity index (χ3v) is 3.79. The van der Waals surface area contributed by atoms with Crippen molar-refractivity contribution in [3.05, 3.63) is 20.8 Å². The number of rotatable bonds is 6. The van der Waals surface area contributed by atoms with Crippen LogP contribution in [0.1, 0.15) is 25.1 Å². The van der Waals surface area contributed by atoms with Gasteiger partial charge in [0.2, 0.25) is 0 Å². The van der Waals surface area contributed by atoms with Crippen molar-refractivity contribution in [2.45, 2.75) is 32.9 Å². The van der Waals surface area contributed by atoms with E-state index in [0.717, 1.165) is 16.8 Å². The van der Waals surface area contributed by atoms with Crippen molar-refractivity contribution >= 4 is 27.3 Å². The molecule has 4 heteroatoms. The lowest BCUT2D eigenvalue weighted by atomic mass is 10.0. The van der Waals surface area contributed by atoms with Gasteiger partial charge in [0.05, 0.1) is 10.4 Å². The molecule has 2 nitrogen and oxygen atoms in total. The Hall–Kier alpha value is 0.1000. The van der Waals surface area contributed by atoms with Crippen LogP contribution in [0.2, 0.25) is 0 Å². The van der Waals surface area contributed by atoms with Crippen LogP contribution in [-0.2, 0) is 6.54 Å². The highest BCUT2D eigenvalue weighted by atomic mass is 79.9. The maximum absolute atomic E-state index is 9.19. The van der Waals surface area contributed by atoms with Gasteiger partial charge in [-0.1, -0.05) is 13.8 Å². The van der Waals surface area contributed by atoms with Crippen LogP contribution in [0.15, 0.2) is 15.9 Å². The van der Waals surface area contributed by atoms with Gasteiger partial charge in [-0.2, -0.15) is 0 Å². The third kappa shape index (κ3) is 5.11. The molecule has 1 aromatic heterocycles. The maximum atomic E-state index is 9.19. The van der Waals surface area contributed by atoms with Crippen molar-refractivity contribution < 1.29 is 5.11 Å². The summed E-state index contributed by atoms with van der Waals surface area (Å²) < 4.78 is 1.16. The van der Waals surface area contributed by atoms with E-state index in [1.165, 1.54) is 4.88 Å². The summed E-state index contributed by atoms with van der Waals surface area (Å²) in [5.74, 6) is 0.615. The Balaban J connectivity index is 2.34. The number of hydrogen-bond acceptors (Lipinski definition) is 3. The first-order valence-electron chi connectivity index (χ1n) is 5.20. The Bertz CT molecular complexity index is 288. The molecule has 0 aliphatic rings. The summed E-state index contributed by atoms with van der Waals surface area (Å²) in [5, 5.41) is 12.6. The lowest BCUT2D eigenvalue weighted by molar-refractivity contribution is 0.224. The molecular weight excluding hydrogens is 274 g/mol. The Morgan fingerprint density at radius 2 is 2.20 bits per heavy atom. The van der Waals surface area contributed by atoms with Gasteiger partial charge in [0, 0.05) is 17.5 Å². The van der Waals surface area contributed by atoms with Gasteiger partial charge in [0.25, 0.3) is 0 Å². The lowest BCUT2D eigenvalue weighted by Gasteiger charge is -2.17. The van der Waals surface area contributed by atoms with Crippen LogP contribution in [0.3, 0.4) is 0 Å². The Kier molecular flexibility index (Phi) is 5.82. The minimum Gasteiger partial charge on any atom is -0.395 e. The first-order valence-corrected chi connectivity index (χ1v) is 6.81. The fourth-order valence-electron chi connectivity index (χ4n) is 1.48. The molecule has 0 spiro atoms. The van der Waals surface area contributed by atoms with Gasteiger partial charge in [-0.3, -0.25) is 0 Å². The van der Waals surface area contributed by atoms with Gasteiger partial charge < -0.3 is 10.4 Å². The summed E-state index contributed by atoms with van der Waals surface area (Å²) in [5.41, 5.74) is 0. The number of nitrogens with one attached hydrogen (secondary N) is 1. The molecule has 15 heavy (non-hydrogen) atoms. The second kappa shape index (κ2) is 6.63. The normalized spacial score (nSPS) is 13.4. The highest BCUT2D eigenvalue weighted by Gasteiger charge is 2.09. The molecule has 2 N–H and O–H groups in total. The summed E-state index contributed by atoms with van der Waals surface area (Å²) in [6, 6.07) is 4.37. The minimum atomic E-state index is 0.213. The van der Waals surface area contributed by atoms with E-state index in [9.17, 15) is 5.11 Å². The smallest absolute Gasteiger partial charge is 0.0701 e. The standard InChI is InChI=1S/C11H18BrNOS/c1-8(2)5-9(7-14)13-6-10-3-4-11(12)15-10/h3-4,8-9,13-14H,5-7H2,1-2H3. The van der Waals surface area contributed by atoms with E-state index in [2.05, 4.69) is 47.2 Å². The number of aliphatic hydroxyl groups excluding tert-OH is 1. The van der Waals surface area contributed by atoms with Gasteiger partial charge in [0.1, 0.15) is 0 Å². The topological polar surface area (TPSA) is 32.3 Å². The van der Waals surface area contributed by atoms with Crippen LogP contribution in [0.5, 0.6) is 0 Å². The van der Waals surface area contributed by atoms with E-state index >= 15 is 0 Å². The predicted octanol–water partition coefficient (Wildman–Crippen LogP) is 3.01. The summed E-state index contributed by atoms with van der Waals surface area (Å²) in [6.07, 6.45) is 1.02. The van der Waals surface area contributed by atoms with E-state index in [-0.39, 0.29) is 12.6 Å². The fourth-order valence-corrected chi connectivity index (χ4v) is 2.92. The molecule has 86 valence electrons. The van der Waals surface area contributed by atoms with E-state index in [0.29, 0.717) is 5.92 Å². The average molecular weight is 292 g/mol. The fraction of sp³-hybridized carbons (Fsp3) is 0.636. The van der Waals surface area contributed by atoms with E-state index in [1.54, 1.807) is 11.3 Å². The summed E-state index contributed by atoms with van der Waals surface area (Å²) in [4.78, 5) is 1.30. The molecule has 0 aromatic carbocycles. The zero-order chi connectivity index (χ0) is 11.3. The van der Waals surface area contributed by atoms with Crippen molar-refractivity contribution in [1.82, 2.24) is 5.32 Å². The molecule has 1 atom stereocenters. The second-order valence-corrected chi connectivity index (χ2v) is 6.64. The zero-order valence-electron chi connectivity index (χ0n) is 9.16. The SMILES string of the molecule is CC(C)CC(CO)NCc1ccc(Br)s1. The molecule has 1 heterocycles. The minimum absolute atomic E-state index is 0.213. The molecule has 0 aliphatic carbocycles. The van der Waals surface area contributed by atoms with Crippen LogP contribution >= 0.6 is 27.3 Å². The molecule has 0 amide bonds. The van der Waals surface area contributed by atoms with Crippen molar-refractivity contribution in [3.63, 3.8) is 0 Å². The number of halogens is 1. The molecule has 1 aromatic rings. The van der Waals surface area contributed by atoms with E-state index in [4.69, 9.17) is 0 Å². The van der Waals surface area contributed by atoms with Gasteiger partial charge >= 0.3 is 0 Å². The molecule has 0 radical (unpaired) electrons. The van der Waals surface area contributed by atoms with Gasteiger partial charge in [-0.25, -0.2) is 0 Å². The molecular formula is C11H18BrNOS.